The summed E-state index contributed by atoms with van der Waals surface area (Å²) in [5, 5.41) is 17.4. The molecule has 9 aromatic rings. The van der Waals surface area contributed by atoms with Crippen LogP contribution in [0.25, 0.3) is 65.4 Å². The van der Waals surface area contributed by atoms with E-state index in [4.69, 9.17) is 9.41 Å². The Morgan fingerprint density at radius 1 is 0.449 bits per heavy atom. The first-order valence-corrected chi connectivity index (χ1v) is 16.8. The second kappa shape index (κ2) is 11.2. The van der Waals surface area contributed by atoms with Crippen LogP contribution in [0.15, 0.2) is 173 Å². The van der Waals surface area contributed by atoms with Crippen molar-refractivity contribution < 1.29 is 4.42 Å². The van der Waals surface area contributed by atoms with Gasteiger partial charge in [-0.1, -0.05) is 140 Å². The maximum atomic E-state index is 6.60. The molecular weight excluding hydrogens is 599 g/mol. The van der Waals surface area contributed by atoms with Gasteiger partial charge in [-0.15, -0.1) is 0 Å². The van der Waals surface area contributed by atoms with Gasteiger partial charge in [-0.05, 0) is 73.3 Å². The average molecular weight is 630 g/mol. The molecule has 0 saturated carbocycles. The van der Waals surface area contributed by atoms with Gasteiger partial charge in [0.25, 0.3) is 0 Å². The summed E-state index contributed by atoms with van der Waals surface area (Å²) in [6.07, 6.45) is -0.480. The molecular formula is C45H31N3O. The fourth-order valence-corrected chi connectivity index (χ4v) is 7.64. The predicted octanol–water partition coefficient (Wildman–Crippen LogP) is 11.0. The largest absolute Gasteiger partial charge is 0.456 e. The maximum Gasteiger partial charge on any atom is 0.136 e. The molecule has 2 N–H and O–H groups in total. The molecule has 0 saturated heterocycles. The number of nitrogens with one attached hydrogen (secondary N) is 2. The van der Waals surface area contributed by atoms with Crippen molar-refractivity contribution >= 4 is 60.1 Å². The van der Waals surface area contributed by atoms with E-state index < -0.39 is 0 Å². The lowest BCUT2D eigenvalue weighted by molar-refractivity contribution is 0.411. The lowest BCUT2D eigenvalue weighted by atomic mass is 9.91. The molecule has 4 heteroatoms. The summed E-state index contributed by atoms with van der Waals surface area (Å²) in [5.74, 6) is 0.855. The molecule has 232 valence electrons. The van der Waals surface area contributed by atoms with Crippen molar-refractivity contribution in [1.82, 2.24) is 10.6 Å². The van der Waals surface area contributed by atoms with E-state index in [9.17, 15) is 0 Å². The zero-order valence-electron chi connectivity index (χ0n) is 26.6. The van der Waals surface area contributed by atoms with Crippen LogP contribution < -0.4 is 10.6 Å². The standard InChI is InChI=1S/C45H31N3O/c1-3-13-28(14-4-1)43-46-44(29-15-5-2-6-16-29)48-45(47-43)39-26-31(27-41-42(39)37-21-11-12-22-40(37)49-41)30-23-24-36-34-19-8-7-17-32(34)33-18-9-10-20-35(33)38(36)25-30/h1-27,43,45,47H,(H,46,48). The molecule has 1 aliphatic heterocycles. The van der Waals surface area contributed by atoms with Gasteiger partial charge in [-0.3, -0.25) is 5.32 Å². The molecule has 0 fully saturated rings. The van der Waals surface area contributed by atoms with Crippen LogP contribution in [0.4, 0.5) is 0 Å². The van der Waals surface area contributed by atoms with E-state index in [1.807, 2.05) is 18.2 Å². The van der Waals surface area contributed by atoms with Crippen molar-refractivity contribution in [3.63, 3.8) is 0 Å². The zero-order chi connectivity index (χ0) is 32.3. The number of aliphatic imine (C=N–C) groups is 1. The number of amidine groups is 1. The lowest BCUT2D eigenvalue weighted by Crippen LogP contribution is -2.45. The lowest BCUT2D eigenvalue weighted by Gasteiger charge is -2.32. The molecule has 1 aromatic heterocycles. The molecule has 8 aromatic carbocycles. The van der Waals surface area contributed by atoms with E-state index in [1.165, 1.54) is 32.3 Å². The molecule has 2 atom stereocenters. The summed E-state index contributed by atoms with van der Waals surface area (Å²) in [6.45, 7) is 0. The summed E-state index contributed by atoms with van der Waals surface area (Å²) in [5.41, 5.74) is 7.26. The average Bonchev–Trinajstić information content (AvgIpc) is 3.57. The number of hydrogen-bond acceptors (Lipinski definition) is 4. The van der Waals surface area contributed by atoms with Gasteiger partial charge in [-0.2, -0.15) is 0 Å². The summed E-state index contributed by atoms with van der Waals surface area (Å²) in [4.78, 5) is 5.17. The van der Waals surface area contributed by atoms with Crippen molar-refractivity contribution in [2.75, 3.05) is 0 Å². The van der Waals surface area contributed by atoms with E-state index in [2.05, 4.69) is 156 Å². The first-order chi connectivity index (χ1) is 24.3. The third-order valence-electron chi connectivity index (χ3n) is 9.92. The molecule has 0 spiro atoms. The van der Waals surface area contributed by atoms with Crippen LogP contribution in [-0.4, -0.2) is 5.84 Å². The van der Waals surface area contributed by atoms with E-state index in [-0.39, 0.29) is 12.3 Å². The zero-order valence-corrected chi connectivity index (χ0v) is 26.6. The number of para-hydroxylation sites is 1. The third kappa shape index (κ3) is 4.61. The molecule has 0 aliphatic carbocycles. The van der Waals surface area contributed by atoms with Gasteiger partial charge in [0.05, 0.1) is 0 Å². The van der Waals surface area contributed by atoms with Crippen molar-refractivity contribution in [3.05, 3.63) is 180 Å². The number of nitrogens with zero attached hydrogens (tertiary/aromatic N) is 1. The third-order valence-corrected chi connectivity index (χ3v) is 9.92. The van der Waals surface area contributed by atoms with Gasteiger partial charge in [0.2, 0.25) is 0 Å². The Morgan fingerprint density at radius 2 is 1.04 bits per heavy atom. The number of rotatable bonds is 4. The molecule has 2 heterocycles. The van der Waals surface area contributed by atoms with Crippen LogP contribution >= 0.6 is 0 Å². The molecule has 1 aliphatic rings. The SMILES string of the molecule is c1ccc(C2=NC(c3ccccc3)NC(c3cc(-c4ccc5c6ccccc6c6ccccc6c5c4)cc4oc5ccccc5c34)N2)cc1. The van der Waals surface area contributed by atoms with Gasteiger partial charge < -0.3 is 9.73 Å². The predicted molar refractivity (Wildman–Crippen MR) is 203 cm³/mol. The molecule has 10 rings (SSSR count). The van der Waals surface area contributed by atoms with Crippen molar-refractivity contribution in [2.45, 2.75) is 12.3 Å². The van der Waals surface area contributed by atoms with Crippen LogP contribution in [0.5, 0.6) is 0 Å². The van der Waals surface area contributed by atoms with Gasteiger partial charge in [0, 0.05) is 21.9 Å². The Morgan fingerprint density at radius 3 is 1.76 bits per heavy atom. The smallest absolute Gasteiger partial charge is 0.136 e. The number of fused-ring (bicyclic) bond motifs is 9. The van der Waals surface area contributed by atoms with E-state index in [0.717, 1.165) is 55.6 Å². The Labute approximate surface area is 283 Å². The van der Waals surface area contributed by atoms with Crippen LogP contribution in [0.2, 0.25) is 0 Å². The van der Waals surface area contributed by atoms with E-state index >= 15 is 0 Å². The van der Waals surface area contributed by atoms with Gasteiger partial charge in [-0.25, -0.2) is 4.99 Å². The van der Waals surface area contributed by atoms with Crippen molar-refractivity contribution in [1.29, 1.82) is 0 Å². The second-order valence-corrected chi connectivity index (χ2v) is 12.8. The first-order valence-electron chi connectivity index (χ1n) is 16.8. The molecule has 0 radical (unpaired) electrons. The first kappa shape index (κ1) is 27.8. The Hall–Kier alpha value is -6.23. The monoisotopic (exact) mass is 629 g/mol. The highest BCUT2D eigenvalue weighted by Crippen LogP contribution is 2.41. The summed E-state index contributed by atoms with van der Waals surface area (Å²) in [6, 6.07) is 58.0. The normalized spacial score (nSPS) is 16.4. The molecule has 49 heavy (non-hydrogen) atoms. The second-order valence-electron chi connectivity index (χ2n) is 12.8. The molecule has 0 bridgehead atoms. The number of furan rings is 1. The summed E-state index contributed by atoms with van der Waals surface area (Å²) >= 11 is 0. The molecule has 0 amide bonds. The van der Waals surface area contributed by atoms with Gasteiger partial charge in [0.15, 0.2) is 0 Å². The van der Waals surface area contributed by atoms with Crippen molar-refractivity contribution in [2.24, 2.45) is 4.99 Å². The highest BCUT2D eigenvalue weighted by atomic mass is 16.3. The highest BCUT2D eigenvalue weighted by molar-refractivity contribution is 6.25. The van der Waals surface area contributed by atoms with Gasteiger partial charge in [0.1, 0.15) is 29.3 Å². The van der Waals surface area contributed by atoms with Crippen LogP contribution in [0.3, 0.4) is 0 Å². The minimum Gasteiger partial charge on any atom is -0.456 e. The van der Waals surface area contributed by atoms with Crippen molar-refractivity contribution in [3.8, 4) is 11.1 Å². The quantitative estimate of drug-likeness (QED) is 0.190. The van der Waals surface area contributed by atoms with Crippen LogP contribution in [-0.2, 0) is 0 Å². The van der Waals surface area contributed by atoms with Crippen LogP contribution in [0, 0.1) is 0 Å². The molecule has 4 nitrogen and oxygen atoms in total. The van der Waals surface area contributed by atoms with E-state index in [0.29, 0.717) is 0 Å². The Bertz CT molecular complexity index is 2690. The topological polar surface area (TPSA) is 49.6 Å². The number of benzene rings is 8. The van der Waals surface area contributed by atoms with E-state index in [1.54, 1.807) is 0 Å². The molecule has 2 unspecified atom stereocenters. The summed E-state index contributed by atoms with van der Waals surface area (Å²) in [7, 11) is 0. The Kier molecular flexibility index (Phi) is 6.36. The van der Waals surface area contributed by atoms with Gasteiger partial charge >= 0.3 is 0 Å². The highest BCUT2D eigenvalue weighted by Gasteiger charge is 2.28. The number of hydrogen-bond donors (Lipinski definition) is 2. The minimum atomic E-state index is -0.244. The minimum absolute atomic E-state index is 0.236. The maximum absolute atomic E-state index is 6.60. The Balaban J connectivity index is 1.20. The fraction of sp³-hybridized carbons (Fsp3) is 0.0444. The van der Waals surface area contributed by atoms with Crippen LogP contribution in [0.1, 0.15) is 29.0 Å². The summed E-state index contributed by atoms with van der Waals surface area (Å²) < 4.78 is 6.60. The fourth-order valence-electron chi connectivity index (χ4n) is 7.64.